The number of nitrogens with zero attached hydrogens (tertiary/aromatic N) is 2. The van der Waals surface area contributed by atoms with Gasteiger partial charge in [0.2, 0.25) is 0 Å². The summed E-state index contributed by atoms with van der Waals surface area (Å²) in [4.78, 5) is 18.3. The van der Waals surface area contributed by atoms with Crippen molar-refractivity contribution in [3.8, 4) is 0 Å². The zero-order valence-corrected chi connectivity index (χ0v) is 12.7. The lowest BCUT2D eigenvalue weighted by Crippen LogP contribution is -2.31. The third kappa shape index (κ3) is 3.79. The van der Waals surface area contributed by atoms with Gasteiger partial charge in [0.15, 0.2) is 0 Å². The molecular formula is C16H16ClFN2O. The van der Waals surface area contributed by atoms with Gasteiger partial charge in [0.1, 0.15) is 5.82 Å². The van der Waals surface area contributed by atoms with E-state index in [9.17, 15) is 9.18 Å². The minimum Gasteiger partial charge on any atom is -0.333 e. The van der Waals surface area contributed by atoms with E-state index in [1.807, 2.05) is 32.0 Å². The first-order valence-electron chi connectivity index (χ1n) is 6.68. The number of rotatable bonds is 4. The van der Waals surface area contributed by atoms with Crippen molar-refractivity contribution < 1.29 is 9.18 Å². The van der Waals surface area contributed by atoms with E-state index < -0.39 is 5.82 Å². The van der Waals surface area contributed by atoms with Gasteiger partial charge in [0, 0.05) is 17.3 Å². The van der Waals surface area contributed by atoms with Gasteiger partial charge < -0.3 is 4.90 Å². The van der Waals surface area contributed by atoms with Crippen molar-refractivity contribution in [3.05, 3.63) is 64.2 Å². The van der Waals surface area contributed by atoms with E-state index in [0.717, 1.165) is 11.4 Å². The first-order valence-corrected chi connectivity index (χ1v) is 7.06. The number of halogens is 2. The smallest absolute Gasteiger partial charge is 0.257 e. The summed E-state index contributed by atoms with van der Waals surface area (Å²) in [7, 11) is 0. The average Bonchev–Trinajstić information content (AvgIpc) is 2.46. The molecule has 1 aromatic heterocycles. The minimum atomic E-state index is -0.569. The number of amides is 1. The van der Waals surface area contributed by atoms with E-state index in [2.05, 4.69) is 4.98 Å². The van der Waals surface area contributed by atoms with E-state index in [-0.39, 0.29) is 11.5 Å². The molecule has 110 valence electrons. The number of aryl methyl sites for hydroxylation is 1. The van der Waals surface area contributed by atoms with E-state index in [1.165, 1.54) is 23.1 Å². The van der Waals surface area contributed by atoms with Gasteiger partial charge in [-0.3, -0.25) is 9.78 Å². The van der Waals surface area contributed by atoms with E-state index in [0.29, 0.717) is 18.1 Å². The summed E-state index contributed by atoms with van der Waals surface area (Å²) in [5.74, 6) is -0.958. The van der Waals surface area contributed by atoms with Crippen molar-refractivity contribution >= 4 is 17.5 Å². The zero-order valence-electron chi connectivity index (χ0n) is 11.9. The van der Waals surface area contributed by atoms with Crippen LogP contribution in [0.25, 0.3) is 0 Å². The highest BCUT2D eigenvalue weighted by Gasteiger charge is 2.19. The summed E-state index contributed by atoms with van der Waals surface area (Å²) in [6, 6.07) is 9.59. The molecule has 0 saturated heterocycles. The molecule has 2 aromatic rings. The molecule has 21 heavy (non-hydrogen) atoms. The molecule has 0 aliphatic heterocycles. The molecule has 1 amide bonds. The van der Waals surface area contributed by atoms with Crippen LogP contribution >= 0.6 is 11.6 Å². The molecule has 0 bridgehead atoms. The van der Waals surface area contributed by atoms with Crippen molar-refractivity contribution in [2.45, 2.75) is 20.4 Å². The molecule has 0 aliphatic rings. The number of benzene rings is 1. The second-order valence-electron chi connectivity index (χ2n) is 4.71. The maximum atomic E-state index is 13.8. The van der Waals surface area contributed by atoms with Crippen molar-refractivity contribution in [2.75, 3.05) is 6.54 Å². The SMILES string of the molecule is CCN(Cc1cccc(C)n1)C(=O)c1cc(Cl)ccc1F. The van der Waals surface area contributed by atoms with Gasteiger partial charge in [0.25, 0.3) is 5.91 Å². The van der Waals surface area contributed by atoms with Crippen LogP contribution < -0.4 is 0 Å². The Morgan fingerprint density at radius 3 is 2.76 bits per heavy atom. The summed E-state index contributed by atoms with van der Waals surface area (Å²) in [5, 5.41) is 0.337. The molecule has 1 aromatic carbocycles. The van der Waals surface area contributed by atoms with E-state index in [1.54, 1.807) is 0 Å². The molecule has 0 radical (unpaired) electrons. The molecule has 0 fully saturated rings. The van der Waals surface area contributed by atoms with Gasteiger partial charge >= 0.3 is 0 Å². The average molecular weight is 307 g/mol. The Hall–Kier alpha value is -1.94. The molecule has 1 heterocycles. The van der Waals surface area contributed by atoms with Crippen LogP contribution in [0.4, 0.5) is 4.39 Å². The van der Waals surface area contributed by atoms with Gasteiger partial charge in [-0.25, -0.2) is 4.39 Å². The third-order valence-electron chi connectivity index (χ3n) is 3.13. The summed E-state index contributed by atoms with van der Waals surface area (Å²) in [5.41, 5.74) is 1.63. The van der Waals surface area contributed by atoms with Crippen LogP contribution in [0.15, 0.2) is 36.4 Å². The van der Waals surface area contributed by atoms with Crippen LogP contribution in [0.3, 0.4) is 0 Å². The van der Waals surface area contributed by atoms with Gasteiger partial charge in [0.05, 0.1) is 17.8 Å². The first-order chi connectivity index (χ1) is 10.0. The molecule has 0 atom stereocenters. The lowest BCUT2D eigenvalue weighted by atomic mass is 10.1. The van der Waals surface area contributed by atoms with Gasteiger partial charge in [-0.15, -0.1) is 0 Å². The van der Waals surface area contributed by atoms with Crippen molar-refractivity contribution in [1.82, 2.24) is 9.88 Å². The zero-order chi connectivity index (χ0) is 15.4. The maximum Gasteiger partial charge on any atom is 0.257 e. The fourth-order valence-corrected chi connectivity index (χ4v) is 2.21. The van der Waals surface area contributed by atoms with Crippen LogP contribution in [0.5, 0.6) is 0 Å². The highest BCUT2D eigenvalue weighted by Crippen LogP contribution is 2.17. The van der Waals surface area contributed by atoms with Crippen LogP contribution in [-0.2, 0) is 6.54 Å². The first kappa shape index (κ1) is 15.4. The standard InChI is InChI=1S/C16H16ClFN2O/c1-3-20(10-13-6-4-5-11(2)19-13)16(21)14-9-12(17)7-8-15(14)18/h4-9H,3,10H2,1-2H3. The number of aromatic nitrogens is 1. The Morgan fingerprint density at radius 1 is 1.33 bits per heavy atom. The topological polar surface area (TPSA) is 33.2 Å². The fraction of sp³-hybridized carbons (Fsp3) is 0.250. The van der Waals surface area contributed by atoms with Crippen LogP contribution in [0.2, 0.25) is 5.02 Å². The normalized spacial score (nSPS) is 10.5. The highest BCUT2D eigenvalue weighted by molar-refractivity contribution is 6.31. The van der Waals surface area contributed by atoms with Crippen LogP contribution in [0, 0.1) is 12.7 Å². The molecule has 3 nitrogen and oxygen atoms in total. The molecule has 5 heteroatoms. The Morgan fingerprint density at radius 2 is 2.10 bits per heavy atom. The number of carbonyl (C=O) groups excluding carboxylic acids is 1. The Bertz CT molecular complexity index is 660. The predicted molar refractivity (Wildman–Crippen MR) is 80.8 cm³/mol. The second kappa shape index (κ2) is 6.68. The van der Waals surface area contributed by atoms with Gasteiger partial charge in [-0.2, -0.15) is 0 Å². The lowest BCUT2D eigenvalue weighted by Gasteiger charge is -2.21. The summed E-state index contributed by atoms with van der Waals surface area (Å²) < 4.78 is 13.8. The van der Waals surface area contributed by atoms with E-state index >= 15 is 0 Å². The Balaban J connectivity index is 2.24. The van der Waals surface area contributed by atoms with E-state index in [4.69, 9.17) is 11.6 Å². The van der Waals surface area contributed by atoms with Gasteiger partial charge in [-0.1, -0.05) is 17.7 Å². The fourth-order valence-electron chi connectivity index (χ4n) is 2.04. The summed E-state index contributed by atoms with van der Waals surface area (Å²) in [6.45, 7) is 4.53. The van der Waals surface area contributed by atoms with Crippen LogP contribution in [0.1, 0.15) is 28.7 Å². The molecule has 0 unspecified atom stereocenters. The lowest BCUT2D eigenvalue weighted by molar-refractivity contribution is 0.0746. The molecule has 0 spiro atoms. The molecule has 0 aliphatic carbocycles. The Labute approximate surface area is 128 Å². The van der Waals surface area contributed by atoms with Gasteiger partial charge in [-0.05, 0) is 44.2 Å². The number of hydrogen-bond donors (Lipinski definition) is 0. The number of carbonyl (C=O) groups is 1. The van der Waals surface area contributed by atoms with Crippen molar-refractivity contribution in [1.29, 1.82) is 0 Å². The molecular weight excluding hydrogens is 291 g/mol. The monoisotopic (exact) mass is 306 g/mol. The van der Waals surface area contributed by atoms with Crippen molar-refractivity contribution in [3.63, 3.8) is 0 Å². The Kier molecular flexibility index (Phi) is 4.91. The maximum absolute atomic E-state index is 13.8. The quantitative estimate of drug-likeness (QED) is 0.859. The van der Waals surface area contributed by atoms with Crippen LogP contribution in [-0.4, -0.2) is 22.3 Å². The number of pyridine rings is 1. The summed E-state index contributed by atoms with van der Waals surface area (Å²) >= 11 is 5.84. The largest absolute Gasteiger partial charge is 0.333 e. The predicted octanol–water partition coefficient (Wildman–Crippen LogP) is 3.84. The minimum absolute atomic E-state index is 0.0167. The molecule has 2 rings (SSSR count). The molecule has 0 saturated carbocycles. The highest BCUT2D eigenvalue weighted by atomic mass is 35.5. The second-order valence-corrected chi connectivity index (χ2v) is 5.15. The third-order valence-corrected chi connectivity index (χ3v) is 3.36. The summed E-state index contributed by atoms with van der Waals surface area (Å²) in [6.07, 6.45) is 0. The number of hydrogen-bond acceptors (Lipinski definition) is 2. The molecule has 0 N–H and O–H groups in total. The van der Waals surface area contributed by atoms with Crippen molar-refractivity contribution in [2.24, 2.45) is 0 Å².